The molecule has 0 saturated carbocycles. The van der Waals surface area contributed by atoms with Crippen molar-refractivity contribution in [1.29, 1.82) is 0 Å². The molecule has 37 heavy (non-hydrogen) atoms. The monoisotopic (exact) mass is 538 g/mol. The van der Waals surface area contributed by atoms with E-state index in [2.05, 4.69) is 36.5 Å². The lowest BCUT2D eigenvalue weighted by Crippen LogP contribution is -2.51. The van der Waals surface area contributed by atoms with Crippen molar-refractivity contribution in [2.75, 3.05) is 6.54 Å². The maximum Gasteiger partial charge on any atom is 0.243 e. The number of nitrogens with one attached hydrogen (secondary N) is 1. The maximum absolute atomic E-state index is 13.8. The Kier molecular flexibility index (Phi) is 11.0. The molecule has 0 fully saturated rings. The predicted molar refractivity (Wildman–Crippen MR) is 153 cm³/mol. The quantitative estimate of drug-likeness (QED) is 0.272. The van der Waals surface area contributed by atoms with Gasteiger partial charge in [-0.15, -0.1) is 0 Å². The third-order valence-electron chi connectivity index (χ3n) is 6.40. The van der Waals surface area contributed by atoms with Gasteiger partial charge in [0.15, 0.2) is 0 Å². The van der Waals surface area contributed by atoms with E-state index >= 15 is 0 Å². The van der Waals surface area contributed by atoms with Crippen LogP contribution in [-0.2, 0) is 35.4 Å². The van der Waals surface area contributed by atoms with E-state index < -0.39 is 6.04 Å². The third kappa shape index (κ3) is 8.62. The molecule has 3 rings (SSSR count). The number of carbonyl (C=O) groups is 2. The van der Waals surface area contributed by atoms with E-state index in [1.165, 1.54) is 5.56 Å². The Labute approximate surface area is 231 Å². The summed E-state index contributed by atoms with van der Waals surface area (Å²) in [4.78, 5) is 29.0. The fourth-order valence-corrected chi connectivity index (χ4v) is 4.68. The van der Waals surface area contributed by atoms with E-state index in [4.69, 9.17) is 23.2 Å². The van der Waals surface area contributed by atoms with Crippen LogP contribution in [0.1, 0.15) is 49.4 Å². The fraction of sp³-hybridized carbons (Fsp3) is 0.355. The highest BCUT2D eigenvalue weighted by atomic mass is 35.5. The first kappa shape index (κ1) is 28.7. The van der Waals surface area contributed by atoms with Crippen molar-refractivity contribution >= 4 is 35.0 Å². The van der Waals surface area contributed by atoms with Gasteiger partial charge in [-0.1, -0.05) is 105 Å². The molecule has 0 bridgehead atoms. The lowest BCUT2D eigenvalue weighted by atomic mass is 10.0. The van der Waals surface area contributed by atoms with E-state index in [1.807, 2.05) is 44.2 Å². The standard InChI is InChI=1S/C31H36Cl2N2O2/c1-4-23-13-15-24(16-14-23)17-18-30(36)35(21-26-27(32)11-8-12-28(26)33)29(31(37)34-20-22(2)3)19-25-9-6-5-7-10-25/h5-16,22,29H,4,17-21H2,1-3H3,(H,34,37). The highest BCUT2D eigenvalue weighted by Crippen LogP contribution is 2.27. The zero-order valence-corrected chi connectivity index (χ0v) is 23.4. The average Bonchev–Trinajstić information content (AvgIpc) is 2.90. The van der Waals surface area contributed by atoms with Crippen molar-refractivity contribution in [1.82, 2.24) is 10.2 Å². The molecular weight excluding hydrogens is 503 g/mol. The molecule has 0 aliphatic heterocycles. The van der Waals surface area contributed by atoms with Gasteiger partial charge < -0.3 is 10.2 Å². The smallest absolute Gasteiger partial charge is 0.243 e. The summed E-state index contributed by atoms with van der Waals surface area (Å²) >= 11 is 13.0. The Balaban J connectivity index is 1.93. The Bertz CT molecular complexity index is 1140. The Morgan fingerprint density at radius 2 is 1.46 bits per heavy atom. The minimum Gasteiger partial charge on any atom is -0.354 e. The SMILES string of the molecule is CCc1ccc(CCC(=O)N(Cc2c(Cl)cccc2Cl)C(Cc2ccccc2)C(=O)NCC(C)C)cc1. The molecule has 196 valence electrons. The van der Waals surface area contributed by atoms with E-state index in [0.29, 0.717) is 35.0 Å². The van der Waals surface area contributed by atoms with Gasteiger partial charge in [-0.2, -0.15) is 0 Å². The van der Waals surface area contributed by atoms with Crippen LogP contribution in [0.15, 0.2) is 72.8 Å². The molecule has 1 atom stereocenters. The van der Waals surface area contributed by atoms with Crippen LogP contribution in [0.4, 0.5) is 0 Å². The molecule has 0 aromatic heterocycles. The van der Waals surface area contributed by atoms with Crippen LogP contribution in [0.5, 0.6) is 0 Å². The first-order valence-corrected chi connectivity index (χ1v) is 13.7. The Morgan fingerprint density at radius 3 is 2.05 bits per heavy atom. The predicted octanol–water partition coefficient (Wildman–Crippen LogP) is 6.90. The molecule has 0 heterocycles. The second-order valence-electron chi connectivity index (χ2n) is 9.74. The van der Waals surface area contributed by atoms with Crippen molar-refractivity contribution in [2.24, 2.45) is 5.92 Å². The molecule has 0 radical (unpaired) electrons. The Hall–Kier alpha value is -2.82. The minimum absolute atomic E-state index is 0.115. The van der Waals surface area contributed by atoms with Gasteiger partial charge in [-0.3, -0.25) is 9.59 Å². The summed E-state index contributed by atoms with van der Waals surface area (Å²) in [6.07, 6.45) is 2.22. The van der Waals surface area contributed by atoms with E-state index in [0.717, 1.165) is 17.5 Å². The summed E-state index contributed by atoms with van der Waals surface area (Å²) in [6.45, 7) is 6.89. The van der Waals surface area contributed by atoms with Crippen LogP contribution >= 0.6 is 23.2 Å². The second-order valence-corrected chi connectivity index (χ2v) is 10.6. The van der Waals surface area contributed by atoms with Gasteiger partial charge >= 0.3 is 0 Å². The summed E-state index contributed by atoms with van der Waals surface area (Å²) in [6, 6.07) is 22.7. The third-order valence-corrected chi connectivity index (χ3v) is 7.11. The van der Waals surface area contributed by atoms with Gasteiger partial charge in [-0.25, -0.2) is 0 Å². The lowest BCUT2D eigenvalue weighted by Gasteiger charge is -2.32. The summed E-state index contributed by atoms with van der Waals surface area (Å²) in [5, 5.41) is 3.99. The molecule has 6 heteroatoms. The van der Waals surface area contributed by atoms with Gasteiger partial charge in [-0.05, 0) is 47.6 Å². The summed E-state index contributed by atoms with van der Waals surface area (Å²) in [5.41, 5.74) is 3.96. The summed E-state index contributed by atoms with van der Waals surface area (Å²) in [5.74, 6) is -0.00728. The molecule has 3 aromatic carbocycles. The number of rotatable bonds is 12. The molecule has 2 amide bonds. The molecule has 0 saturated heterocycles. The number of hydrogen-bond donors (Lipinski definition) is 1. The molecule has 0 spiro atoms. The van der Waals surface area contributed by atoms with Crippen LogP contribution in [0.25, 0.3) is 0 Å². The van der Waals surface area contributed by atoms with Crippen LogP contribution in [0.2, 0.25) is 10.0 Å². The Morgan fingerprint density at radius 1 is 0.838 bits per heavy atom. The molecule has 1 unspecified atom stereocenters. The van der Waals surface area contributed by atoms with Gasteiger partial charge in [0.05, 0.1) is 0 Å². The summed E-state index contributed by atoms with van der Waals surface area (Å²) in [7, 11) is 0. The first-order valence-electron chi connectivity index (χ1n) is 12.9. The second kappa shape index (κ2) is 14.2. The molecule has 1 N–H and O–H groups in total. The fourth-order valence-electron chi connectivity index (χ4n) is 4.17. The molecule has 3 aromatic rings. The van der Waals surface area contributed by atoms with Gasteiger partial charge in [0.25, 0.3) is 0 Å². The number of carbonyl (C=O) groups excluding carboxylic acids is 2. The van der Waals surface area contributed by atoms with Crippen molar-refractivity contribution in [3.05, 3.63) is 105 Å². The zero-order valence-electron chi connectivity index (χ0n) is 21.8. The normalized spacial score (nSPS) is 11.8. The van der Waals surface area contributed by atoms with Crippen molar-refractivity contribution in [2.45, 2.75) is 59.0 Å². The van der Waals surface area contributed by atoms with Crippen molar-refractivity contribution in [3.63, 3.8) is 0 Å². The zero-order chi connectivity index (χ0) is 26.8. The number of aryl methyl sites for hydroxylation is 2. The minimum atomic E-state index is -0.705. The molecule has 4 nitrogen and oxygen atoms in total. The number of hydrogen-bond acceptors (Lipinski definition) is 2. The first-order chi connectivity index (χ1) is 17.8. The molecule has 0 aliphatic rings. The van der Waals surface area contributed by atoms with Crippen LogP contribution < -0.4 is 5.32 Å². The van der Waals surface area contributed by atoms with E-state index in [1.54, 1.807) is 23.1 Å². The number of nitrogens with zero attached hydrogens (tertiary/aromatic N) is 1. The van der Waals surface area contributed by atoms with E-state index in [-0.39, 0.29) is 30.7 Å². The van der Waals surface area contributed by atoms with Crippen molar-refractivity contribution in [3.8, 4) is 0 Å². The van der Waals surface area contributed by atoms with Crippen LogP contribution in [0.3, 0.4) is 0 Å². The average molecular weight is 540 g/mol. The molecule has 0 aliphatic carbocycles. The largest absolute Gasteiger partial charge is 0.354 e. The van der Waals surface area contributed by atoms with Gasteiger partial charge in [0.1, 0.15) is 6.04 Å². The maximum atomic E-state index is 13.8. The van der Waals surface area contributed by atoms with Crippen LogP contribution in [0, 0.1) is 5.92 Å². The summed E-state index contributed by atoms with van der Waals surface area (Å²) < 4.78 is 0. The highest BCUT2D eigenvalue weighted by molar-refractivity contribution is 6.36. The van der Waals surface area contributed by atoms with Crippen molar-refractivity contribution < 1.29 is 9.59 Å². The highest BCUT2D eigenvalue weighted by Gasteiger charge is 2.31. The topological polar surface area (TPSA) is 49.4 Å². The van der Waals surface area contributed by atoms with E-state index in [9.17, 15) is 9.59 Å². The van der Waals surface area contributed by atoms with Crippen LogP contribution in [-0.4, -0.2) is 29.3 Å². The van der Waals surface area contributed by atoms with Gasteiger partial charge in [0.2, 0.25) is 11.8 Å². The number of benzene rings is 3. The lowest BCUT2D eigenvalue weighted by molar-refractivity contribution is -0.141. The number of halogens is 2. The molecular formula is C31H36Cl2N2O2. The number of amides is 2. The van der Waals surface area contributed by atoms with Gasteiger partial charge in [0, 0.05) is 41.5 Å².